The molecule has 1 atom stereocenters. The number of nitrogens with two attached hydrogens (primary N) is 1. The molecule has 0 saturated heterocycles. The maximum absolute atomic E-state index is 11.1. The predicted octanol–water partition coefficient (Wildman–Crippen LogP) is -0.560. The molecule has 0 aromatic rings. The normalized spacial score (nSPS) is 11.8. The number of carboxylic acids is 1. The Kier molecular flexibility index (Phi) is 9.78. The van der Waals surface area contributed by atoms with Crippen LogP contribution in [0.15, 0.2) is 12.7 Å². The van der Waals surface area contributed by atoms with Crippen molar-refractivity contribution in [1.29, 1.82) is 0 Å². The van der Waals surface area contributed by atoms with Crippen LogP contribution in [0.5, 0.6) is 0 Å². The molecule has 1 unspecified atom stereocenters. The van der Waals surface area contributed by atoms with Gasteiger partial charge in [-0.05, 0) is 0 Å². The predicted molar refractivity (Wildman–Crippen MR) is 59.2 cm³/mol. The zero-order valence-electron chi connectivity index (χ0n) is 9.87. The molecular weight excluding hydrogens is 246 g/mol. The van der Waals surface area contributed by atoms with Gasteiger partial charge in [-0.25, -0.2) is 9.59 Å². The maximum atomic E-state index is 11.1. The van der Waals surface area contributed by atoms with Gasteiger partial charge in [0.05, 0.1) is 19.6 Å². The Morgan fingerprint density at radius 1 is 1.39 bits per heavy atom. The van der Waals surface area contributed by atoms with E-state index in [0.29, 0.717) is 0 Å². The molecule has 8 nitrogen and oxygen atoms in total. The van der Waals surface area contributed by atoms with Crippen molar-refractivity contribution in [2.75, 3.05) is 26.4 Å². The molecule has 0 fully saturated rings. The highest BCUT2D eigenvalue weighted by Gasteiger charge is 2.12. The van der Waals surface area contributed by atoms with Crippen molar-refractivity contribution < 1.29 is 33.9 Å². The van der Waals surface area contributed by atoms with E-state index < -0.39 is 24.8 Å². The third kappa shape index (κ3) is 11.0. The van der Waals surface area contributed by atoms with Crippen molar-refractivity contribution in [1.82, 2.24) is 0 Å². The quantitative estimate of drug-likeness (QED) is 0.167. The molecule has 104 valence electrons. The highest BCUT2D eigenvalue weighted by Crippen LogP contribution is 1.95. The molecule has 0 aliphatic heterocycles. The van der Waals surface area contributed by atoms with Gasteiger partial charge >= 0.3 is 11.9 Å². The lowest BCUT2D eigenvalue weighted by atomic mass is 10.4. The fourth-order valence-corrected chi connectivity index (χ4v) is 0.823. The number of ether oxygens (including phenoxy) is 2. The molecule has 3 N–H and O–H groups in total. The van der Waals surface area contributed by atoms with E-state index in [1.165, 1.54) is 6.08 Å². The Hall–Kier alpha value is -1.48. The first-order valence-corrected chi connectivity index (χ1v) is 5.16. The van der Waals surface area contributed by atoms with Crippen LogP contribution in [-0.2, 0) is 28.8 Å². The molecule has 0 aliphatic rings. The average molecular weight is 263 g/mol. The number of hydrogen-bond donors (Lipinski definition) is 2. The van der Waals surface area contributed by atoms with Crippen LogP contribution < -0.4 is 5.73 Å². The van der Waals surface area contributed by atoms with E-state index >= 15 is 0 Å². The van der Waals surface area contributed by atoms with Gasteiger partial charge in [0.25, 0.3) is 0 Å². The highest BCUT2D eigenvalue weighted by molar-refractivity contribution is 5.69. The van der Waals surface area contributed by atoms with Gasteiger partial charge in [-0.3, -0.25) is 4.89 Å². The Labute approximate surface area is 104 Å². The lowest BCUT2D eigenvalue weighted by molar-refractivity contribution is -0.267. The Balaban J connectivity index is 3.46. The van der Waals surface area contributed by atoms with Crippen LogP contribution in [0.3, 0.4) is 0 Å². The smallest absolute Gasteiger partial charge is 0.346 e. The summed E-state index contributed by atoms with van der Waals surface area (Å²) in [6.07, 6.45) is 0.373. The van der Waals surface area contributed by atoms with Crippen LogP contribution in [0.2, 0.25) is 0 Å². The maximum Gasteiger partial charge on any atom is 0.346 e. The molecule has 0 aromatic heterocycles. The van der Waals surface area contributed by atoms with Crippen LogP contribution in [0.25, 0.3) is 0 Å². The molecule has 0 bridgehead atoms. The summed E-state index contributed by atoms with van der Waals surface area (Å²) in [4.78, 5) is 29.9. The third-order valence-electron chi connectivity index (χ3n) is 1.49. The van der Waals surface area contributed by atoms with Crippen molar-refractivity contribution >= 4 is 11.9 Å². The van der Waals surface area contributed by atoms with Gasteiger partial charge in [-0.1, -0.05) is 6.08 Å². The Morgan fingerprint density at radius 3 is 2.72 bits per heavy atom. The molecule has 18 heavy (non-hydrogen) atoms. The van der Waals surface area contributed by atoms with E-state index in [9.17, 15) is 9.59 Å². The van der Waals surface area contributed by atoms with Gasteiger partial charge in [-0.2, -0.15) is 4.89 Å². The Bertz CT molecular complexity index is 269. The molecule has 0 heterocycles. The monoisotopic (exact) mass is 263 g/mol. The van der Waals surface area contributed by atoms with Crippen molar-refractivity contribution in [3.05, 3.63) is 12.7 Å². The number of carbonyl (C=O) groups excluding carboxylic acids is 1. The van der Waals surface area contributed by atoms with Gasteiger partial charge < -0.3 is 20.3 Å². The van der Waals surface area contributed by atoms with Gasteiger partial charge in [-0.15, -0.1) is 6.58 Å². The molecule has 0 amide bonds. The first-order chi connectivity index (χ1) is 8.56. The first kappa shape index (κ1) is 16.5. The van der Waals surface area contributed by atoms with Crippen LogP contribution in [0.1, 0.15) is 6.42 Å². The third-order valence-corrected chi connectivity index (χ3v) is 1.49. The van der Waals surface area contributed by atoms with Crippen molar-refractivity contribution in [2.45, 2.75) is 12.6 Å². The van der Waals surface area contributed by atoms with Crippen LogP contribution in [-0.4, -0.2) is 49.7 Å². The highest BCUT2D eigenvalue weighted by atomic mass is 17.2. The summed E-state index contributed by atoms with van der Waals surface area (Å²) in [5.74, 6) is -1.74. The van der Waals surface area contributed by atoms with E-state index in [2.05, 4.69) is 16.4 Å². The summed E-state index contributed by atoms with van der Waals surface area (Å²) >= 11 is 0. The van der Waals surface area contributed by atoms with E-state index in [0.717, 1.165) is 0 Å². The topological polar surface area (TPSA) is 117 Å². The van der Waals surface area contributed by atoms with Crippen LogP contribution >= 0.6 is 0 Å². The largest absolute Gasteiger partial charge is 0.480 e. The lowest BCUT2D eigenvalue weighted by Gasteiger charge is -2.11. The molecule has 0 aromatic carbocycles. The van der Waals surface area contributed by atoms with E-state index in [4.69, 9.17) is 20.3 Å². The first-order valence-electron chi connectivity index (χ1n) is 5.16. The summed E-state index contributed by atoms with van der Waals surface area (Å²) in [5.41, 5.74) is 5.45. The van der Waals surface area contributed by atoms with Gasteiger partial charge in [0, 0.05) is 0 Å². The van der Waals surface area contributed by atoms with Crippen molar-refractivity contribution in [2.24, 2.45) is 5.73 Å². The summed E-state index contributed by atoms with van der Waals surface area (Å²) in [5, 5.41) is 8.27. The minimum Gasteiger partial charge on any atom is -0.480 e. The lowest BCUT2D eigenvalue weighted by Crippen LogP contribution is -2.29. The standard InChI is InChI=1S/C10H17NO7/c1-2-3-17-18-10(14)6-8(11)16-5-4-15-7-9(12)13/h2,8H,1,3-7,11H2,(H,12,13). The Morgan fingerprint density at radius 2 is 2.11 bits per heavy atom. The summed E-state index contributed by atoms with van der Waals surface area (Å²) in [6.45, 7) is 3.20. The molecule has 0 spiro atoms. The number of carboxylic acid groups (broad SMARTS) is 1. The SMILES string of the molecule is C=CCOOC(=O)CC(N)OCCOCC(=O)O. The zero-order valence-corrected chi connectivity index (χ0v) is 9.87. The number of hydrogen-bond acceptors (Lipinski definition) is 7. The minimum atomic E-state index is -1.07. The summed E-state index contributed by atoms with van der Waals surface area (Å²) < 4.78 is 9.68. The zero-order chi connectivity index (χ0) is 13.8. The second-order valence-corrected chi connectivity index (χ2v) is 3.09. The molecule has 8 heteroatoms. The summed E-state index contributed by atoms with van der Waals surface area (Å²) in [7, 11) is 0. The van der Waals surface area contributed by atoms with Gasteiger partial charge in [0.15, 0.2) is 0 Å². The second-order valence-electron chi connectivity index (χ2n) is 3.09. The molecule has 0 rings (SSSR count). The fraction of sp³-hybridized carbons (Fsp3) is 0.600. The molecule has 0 saturated carbocycles. The van der Waals surface area contributed by atoms with Gasteiger partial charge in [0.1, 0.15) is 19.4 Å². The van der Waals surface area contributed by atoms with E-state index in [1.807, 2.05) is 0 Å². The number of rotatable bonds is 11. The van der Waals surface area contributed by atoms with E-state index in [1.54, 1.807) is 0 Å². The van der Waals surface area contributed by atoms with Crippen LogP contribution in [0, 0.1) is 0 Å². The van der Waals surface area contributed by atoms with Gasteiger partial charge in [0.2, 0.25) is 0 Å². The second kappa shape index (κ2) is 10.7. The molecule has 0 radical (unpaired) electrons. The fourth-order valence-electron chi connectivity index (χ4n) is 0.823. The summed E-state index contributed by atoms with van der Waals surface area (Å²) in [6, 6.07) is 0. The van der Waals surface area contributed by atoms with Crippen molar-refractivity contribution in [3.8, 4) is 0 Å². The molecular formula is C10H17NO7. The average Bonchev–Trinajstić information content (AvgIpc) is 2.28. The molecule has 0 aliphatic carbocycles. The number of aliphatic carboxylic acids is 1. The van der Waals surface area contributed by atoms with Crippen molar-refractivity contribution in [3.63, 3.8) is 0 Å². The van der Waals surface area contributed by atoms with Crippen LogP contribution in [0.4, 0.5) is 0 Å². The number of carbonyl (C=O) groups is 2. The van der Waals surface area contributed by atoms with E-state index in [-0.39, 0.29) is 26.2 Å². The minimum absolute atomic E-state index is 0.0714.